The van der Waals surface area contributed by atoms with Crippen molar-refractivity contribution in [1.29, 1.82) is 0 Å². The first-order valence-electron chi connectivity index (χ1n) is 22.0. The Morgan fingerprint density at radius 3 is 2.06 bits per heavy atom. The van der Waals surface area contributed by atoms with E-state index in [1.54, 1.807) is 77.9 Å². The SMILES string of the molecule is CC1NC(=O)C(N(C)C(=O)C(CCCCNC(=O)OC(C)(C)C)NC(=O)c2ccc(-c3ccc(Cl)cc3)cc2)c2ccc(OC(=O)OC(C)(C)C)c(c2)-c2cc(ccc2O)CC(C(=O)O)NC1=O. The highest BCUT2D eigenvalue weighted by molar-refractivity contribution is 6.30. The number of nitrogens with one attached hydrogen (secondary N) is 4. The van der Waals surface area contributed by atoms with Gasteiger partial charge in [-0.15, -0.1) is 0 Å². The fourth-order valence-electron chi connectivity index (χ4n) is 7.25. The lowest BCUT2D eigenvalue weighted by molar-refractivity contribution is -0.143. The second-order valence-electron chi connectivity index (χ2n) is 18.4. The van der Waals surface area contributed by atoms with Crippen LogP contribution in [0.2, 0.25) is 5.02 Å². The third-order valence-corrected chi connectivity index (χ3v) is 10.8. The number of likely N-dealkylation sites (N-methyl/N-ethyl adjacent to an activating group) is 1. The molecule has 4 unspecified atom stereocenters. The molecule has 6 N–H and O–H groups in total. The molecule has 0 aliphatic carbocycles. The van der Waals surface area contributed by atoms with E-state index in [0.29, 0.717) is 23.4 Å². The molecule has 0 spiro atoms. The van der Waals surface area contributed by atoms with E-state index in [-0.39, 0.29) is 53.1 Å². The topological polar surface area (TPSA) is 239 Å². The van der Waals surface area contributed by atoms with Gasteiger partial charge in [0.1, 0.15) is 46.9 Å². The molecule has 362 valence electrons. The number of halogens is 1. The first kappa shape index (κ1) is 51.8. The maximum Gasteiger partial charge on any atom is 0.514 e. The number of hydrogen-bond donors (Lipinski definition) is 6. The Bertz CT molecular complexity index is 2520. The normalized spacial score (nSPS) is 16.7. The van der Waals surface area contributed by atoms with Gasteiger partial charge >= 0.3 is 18.2 Å². The lowest BCUT2D eigenvalue weighted by Crippen LogP contribution is -2.54. The second-order valence-corrected chi connectivity index (χ2v) is 18.8. The molecule has 4 aromatic carbocycles. The largest absolute Gasteiger partial charge is 0.514 e. The summed E-state index contributed by atoms with van der Waals surface area (Å²) < 4.78 is 16.4. The lowest BCUT2D eigenvalue weighted by atomic mass is 9.93. The van der Waals surface area contributed by atoms with Crippen molar-refractivity contribution >= 4 is 53.4 Å². The molecule has 0 aromatic heterocycles. The zero-order valence-corrected chi connectivity index (χ0v) is 40.0. The van der Waals surface area contributed by atoms with E-state index in [1.807, 2.05) is 12.1 Å². The average molecular weight is 956 g/mol. The summed E-state index contributed by atoms with van der Waals surface area (Å²) in [5, 5.41) is 32.5. The minimum absolute atomic E-state index is 0.0477. The number of fused-ring (bicyclic) bond motifs is 5. The Hall–Kier alpha value is -7.14. The van der Waals surface area contributed by atoms with Crippen LogP contribution >= 0.6 is 11.6 Å². The van der Waals surface area contributed by atoms with Crippen LogP contribution in [0.25, 0.3) is 22.3 Å². The van der Waals surface area contributed by atoms with Crippen molar-refractivity contribution in [2.75, 3.05) is 13.6 Å². The van der Waals surface area contributed by atoms with Gasteiger partial charge in [-0.25, -0.2) is 14.4 Å². The Morgan fingerprint density at radius 2 is 1.44 bits per heavy atom. The maximum atomic E-state index is 14.9. The van der Waals surface area contributed by atoms with Crippen molar-refractivity contribution in [2.45, 2.75) is 110 Å². The van der Waals surface area contributed by atoms with Gasteiger partial charge < -0.3 is 50.6 Å². The average Bonchev–Trinajstić information content (AvgIpc) is 3.25. The number of carbonyl (C=O) groups is 7. The zero-order valence-electron chi connectivity index (χ0n) is 39.2. The van der Waals surface area contributed by atoms with Crippen LogP contribution in [0.3, 0.4) is 0 Å². The van der Waals surface area contributed by atoms with Gasteiger partial charge in [0.2, 0.25) is 17.7 Å². The summed E-state index contributed by atoms with van der Waals surface area (Å²) in [5.74, 6) is -4.82. The summed E-state index contributed by atoms with van der Waals surface area (Å²) in [4.78, 5) is 95.7. The molecular formula is C50H58ClN5O12. The van der Waals surface area contributed by atoms with Crippen LogP contribution in [-0.4, -0.2) is 99.9 Å². The predicted octanol–water partition coefficient (Wildman–Crippen LogP) is 7.32. The van der Waals surface area contributed by atoms with Crippen LogP contribution in [0.15, 0.2) is 84.9 Å². The summed E-state index contributed by atoms with van der Waals surface area (Å²) in [6, 6.07) is 16.7. The molecule has 0 saturated heterocycles. The Labute approximate surface area is 399 Å². The number of phenolic OH excluding ortho intramolecular Hbond substituents is 1. The lowest BCUT2D eigenvalue weighted by Gasteiger charge is -2.32. The fourth-order valence-corrected chi connectivity index (χ4v) is 7.38. The highest BCUT2D eigenvalue weighted by atomic mass is 35.5. The molecule has 1 heterocycles. The molecule has 0 saturated carbocycles. The van der Waals surface area contributed by atoms with Crippen molar-refractivity contribution < 1.29 is 58.0 Å². The molecule has 4 bridgehead atoms. The van der Waals surface area contributed by atoms with Crippen LogP contribution in [0, 0.1) is 0 Å². The number of carboxylic acid groups (broad SMARTS) is 1. The Balaban J connectivity index is 1.55. The number of unbranched alkanes of at least 4 members (excludes halogenated alkanes) is 1. The number of carbonyl (C=O) groups excluding carboxylic acids is 6. The van der Waals surface area contributed by atoms with Gasteiger partial charge in [-0.1, -0.05) is 48.0 Å². The number of benzene rings is 4. The molecule has 17 nitrogen and oxygen atoms in total. The van der Waals surface area contributed by atoms with Crippen molar-refractivity contribution in [3.63, 3.8) is 0 Å². The monoisotopic (exact) mass is 955 g/mol. The Morgan fingerprint density at radius 1 is 0.809 bits per heavy atom. The molecule has 5 amide bonds. The summed E-state index contributed by atoms with van der Waals surface area (Å²) in [6.45, 7) is 11.7. The molecule has 5 rings (SSSR count). The number of ether oxygens (including phenoxy) is 3. The van der Waals surface area contributed by atoms with Crippen LogP contribution in [0.1, 0.15) is 95.3 Å². The predicted molar refractivity (Wildman–Crippen MR) is 253 cm³/mol. The fraction of sp³-hybridized carbons (Fsp3) is 0.380. The molecule has 0 radical (unpaired) electrons. The third-order valence-electron chi connectivity index (χ3n) is 10.6. The number of phenols is 1. The zero-order chi connectivity index (χ0) is 50.1. The number of aliphatic carboxylic acids is 1. The van der Waals surface area contributed by atoms with Crippen LogP contribution in [0.4, 0.5) is 9.59 Å². The van der Waals surface area contributed by atoms with E-state index < -0.39 is 77.2 Å². The number of rotatable bonds is 12. The van der Waals surface area contributed by atoms with Gasteiger partial charge in [-0.05, 0) is 139 Å². The van der Waals surface area contributed by atoms with E-state index in [0.717, 1.165) is 16.0 Å². The van der Waals surface area contributed by atoms with E-state index in [2.05, 4.69) is 21.3 Å². The molecular weight excluding hydrogens is 898 g/mol. The smallest absolute Gasteiger partial charge is 0.507 e. The van der Waals surface area contributed by atoms with Gasteiger partial charge in [-0.3, -0.25) is 19.2 Å². The first-order chi connectivity index (χ1) is 31.9. The van der Waals surface area contributed by atoms with E-state index in [9.17, 15) is 43.8 Å². The number of carboxylic acids is 1. The van der Waals surface area contributed by atoms with Crippen molar-refractivity contribution in [3.05, 3.63) is 107 Å². The van der Waals surface area contributed by atoms with E-state index in [4.69, 9.17) is 25.8 Å². The molecule has 18 heteroatoms. The van der Waals surface area contributed by atoms with E-state index in [1.165, 1.54) is 50.4 Å². The van der Waals surface area contributed by atoms with Crippen molar-refractivity contribution in [1.82, 2.24) is 26.2 Å². The number of amides is 5. The van der Waals surface area contributed by atoms with Crippen molar-refractivity contribution in [2.24, 2.45) is 0 Å². The summed E-state index contributed by atoms with van der Waals surface area (Å²) >= 11 is 6.07. The van der Waals surface area contributed by atoms with Crippen LogP contribution in [-0.2, 0) is 35.1 Å². The van der Waals surface area contributed by atoms with Gasteiger partial charge in [-0.2, -0.15) is 0 Å². The van der Waals surface area contributed by atoms with Crippen molar-refractivity contribution in [3.8, 4) is 33.8 Å². The van der Waals surface area contributed by atoms with Gasteiger partial charge in [0.05, 0.1) is 0 Å². The maximum absolute atomic E-state index is 14.9. The number of nitrogens with zero attached hydrogens (tertiary/aromatic N) is 1. The molecule has 68 heavy (non-hydrogen) atoms. The molecule has 1 aliphatic heterocycles. The minimum atomic E-state index is -1.55. The molecule has 1 aliphatic rings. The quantitative estimate of drug-likeness (QED) is 0.0466. The highest BCUT2D eigenvalue weighted by Crippen LogP contribution is 2.40. The van der Waals surface area contributed by atoms with E-state index >= 15 is 0 Å². The van der Waals surface area contributed by atoms with Gasteiger partial charge in [0.25, 0.3) is 5.91 Å². The number of hydrogen-bond acceptors (Lipinski definition) is 11. The summed E-state index contributed by atoms with van der Waals surface area (Å²) in [5.41, 5.74) is 0.864. The molecule has 4 aromatic rings. The molecule has 4 atom stereocenters. The van der Waals surface area contributed by atoms with Crippen LogP contribution in [0.5, 0.6) is 11.5 Å². The van der Waals surface area contributed by atoms with Gasteiger partial charge in [0, 0.05) is 41.7 Å². The minimum Gasteiger partial charge on any atom is -0.507 e. The third kappa shape index (κ3) is 14.4. The second kappa shape index (κ2) is 22.1. The highest BCUT2D eigenvalue weighted by Gasteiger charge is 2.36. The number of aromatic hydroxyl groups is 1. The standard InChI is InChI=1S/C50H58ClN5O12/c1-28-42(58)55-38(46(62)63)26-29-12-22-39(57)35(25-29)36-27-33(19-23-40(36)66-48(65)68-50(5,6)7)41(44(60)53-28)56(8)45(61)37(11-9-10-24-52-47(64)67-49(2,3)4)54-43(59)32-15-13-30(14-16-32)31-17-20-34(51)21-18-31/h12-23,25,27-28,37-38,41,57H,9-11,24,26H2,1-8H3,(H,52,64)(H,53,60)(H,54,59)(H,55,58)(H,62,63). The van der Waals surface area contributed by atoms with Crippen LogP contribution < -0.4 is 26.0 Å². The van der Waals surface area contributed by atoms with Gasteiger partial charge in [0.15, 0.2) is 0 Å². The number of alkyl carbamates (subject to hydrolysis) is 1. The molecule has 0 fully saturated rings. The first-order valence-corrected chi connectivity index (χ1v) is 22.4. The summed E-state index contributed by atoms with van der Waals surface area (Å²) in [7, 11) is 1.34. The summed E-state index contributed by atoms with van der Waals surface area (Å²) in [6.07, 6.45) is -1.20. The Kier molecular flexibility index (Phi) is 16.9.